The highest BCUT2D eigenvalue weighted by atomic mass is 16.5. The molecule has 0 aliphatic carbocycles. The number of carboxylic acids is 1. The second-order valence-corrected chi connectivity index (χ2v) is 12.4. The Bertz CT molecular complexity index is 748. The van der Waals surface area contributed by atoms with E-state index in [1.165, 1.54) is 70.6 Å². The molecule has 0 aliphatic rings. The second-order valence-electron chi connectivity index (χ2n) is 12.4. The molecule has 0 aromatic rings. The van der Waals surface area contributed by atoms with Crippen LogP contribution in [-0.4, -0.2) is 23.1 Å². The summed E-state index contributed by atoms with van der Waals surface area (Å²) in [7, 11) is 0. The Hall–Kier alpha value is -2.10. The van der Waals surface area contributed by atoms with E-state index in [1.54, 1.807) is 0 Å². The van der Waals surface area contributed by atoms with Crippen LogP contribution in [0.3, 0.4) is 0 Å². The standard InChI is InChI=1S/C40H70O4/c1-3-5-7-9-11-13-15-17-18-19-21-23-25-27-33-37-40(43)44-38(35-31-28-29-32-36-39(41)42)34-30-26-24-22-20-16-14-12-10-8-6-4-2/h5,7,11,13,17-18,21,23,38H,3-4,6,8-10,12,14-16,19-20,22,24-37H2,1-2H3,(H,41,42)/b7-5-,13-11-,18-17-,23-21-. The summed E-state index contributed by atoms with van der Waals surface area (Å²) in [4.78, 5) is 23.3. The fourth-order valence-corrected chi connectivity index (χ4v) is 5.35. The molecular weight excluding hydrogens is 544 g/mol. The first-order chi connectivity index (χ1) is 21.6. The lowest BCUT2D eigenvalue weighted by Gasteiger charge is -2.18. The number of hydrogen-bond acceptors (Lipinski definition) is 3. The lowest BCUT2D eigenvalue weighted by molar-refractivity contribution is -0.150. The molecule has 44 heavy (non-hydrogen) atoms. The molecule has 4 nitrogen and oxygen atoms in total. The minimum Gasteiger partial charge on any atom is -0.481 e. The van der Waals surface area contributed by atoms with Crippen LogP contribution in [0.1, 0.15) is 187 Å². The third-order valence-corrected chi connectivity index (χ3v) is 8.07. The SMILES string of the molecule is CC/C=C\C/C=C\C/C=C\C/C=C\CCCCC(=O)OC(CCCCCCCCCCCCCC)CCCCCCC(=O)O. The molecule has 0 aliphatic heterocycles. The fraction of sp³-hybridized carbons (Fsp3) is 0.750. The van der Waals surface area contributed by atoms with Crippen LogP contribution in [0.2, 0.25) is 0 Å². The van der Waals surface area contributed by atoms with Crippen molar-refractivity contribution in [1.29, 1.82) is 0 Å². The van der Waals surface area contributed by atoms with Gasteiger partial charge in [-0.15, -0.1) is 0 Å². The molecule has 1 atom stereocenters. The van der Waals surface area contributed by atoms with E-state index in [4.69, 9.17) is 9.84 Å². The summed E-state index contributed by atoms with van der Waals surface area (Å²) in [5.74, 6) is -0.768. The number of hydrogen-bond donors (Lipinski definition) is 1. The zero-order valence-electron chi connectivity index (χ0n) is 29.0. The Labute approximate surface area is 272 Å². The van der Waals surface area contributed by atoms with Crippen LogP contribution in [0.25, 0.3) is 0 Å². The number of carbonyl (C=O) groups is 2. The maximum Gasteiger partial charge on any atom is 0.306 e. The number of rotatable bonds is 33. The lowest BCUT2D eigenvalue weighted by atomic mass is 10.0. The number of ether oxygens (including phenoxy) is 1. The maximum absolute atomic E-state index is 12.6. The molecule has 0 spiro atoms. The van der Waals surface area contributed by atoms with Crippen molar-refractivity contribution in [3.8, 4) is 0 Å². The van der Waals surface area contributed by atoms with Crippen molar-refractivity contribution in [1.82, 2.24) is 0 Å². The first-order valence-corrected chi connectivity index (χ1v) is 18.6. The van der Waals surface area contributed by atoms with Gasteiger partial charge in [-0.1, -0.05) is 146 Å². The third-order valence-electron chi connectivity index (χ3n) is 8.07. The van der Waals surface area contributed by atoms with E-state index in [9.17, 15) is 9.59 Å². The lowest BCUT2D eigenvalue weighted by Crippen LogP contribution is -2.18. The van der Waals surface area contributed by atoms with E-state index in [0.717, 1.165) is 89.9 Å². The van der Waals surface area contributed by atoms with E-state index >= 15 is 0 Å². The average Bonchev–Trinajstić information content (AvgIpc) is 3.01. The number of carbonyl (C=O) groups excluding carboxylic acids is 1. The Morgan fingerprint density at radius 3 is 1.45 bits per heavy atom. The average molecular weight is 615 g/mol. The van der Waals surface area contributed by atoms with Gasteiger partial charge in [-0.3, -0.25) is 9.59 Å². The van der Waals surface area contributed by atoms with Crippen LogP contribution in [0, 0.1) is 0 Å². The van der Waals surface area contributed by atoms with E-state index in [0.29, 0.717) is 6.42 Å². The predicted octanol–water partition coefficient (Wildman–Crippen LogP) is 12.8. The Kier molecular flexibility index (Phi) is 33.7. The maximum atomic E-state index is 12.6. The summed E-state index contributed by atoms with van der Waals surface area (Å²) in [5.41, 5.74) is 0. The van der Waals surface area contributed by atoms with Crippen LogP contribution in [0.15, 0.2) is 48.6 Å². The van der Waals surface area contributed by atoms with Gasteiger partial charge < -0.3 is 9.84 Å². The molecule has 1 unspecified atom stereocenters. The molecule has 0 aromatic carbocycles. The van der Waals surface area contributed by atoms with E-state index in [-0.39, 0.29) is 18.5 Å². The largest absolute Gasteiger partial charge is 0.481 e. The highest BCUT2D eigenvalue weighted by molar-refractivity contribution is 5.69. The Balaban J connectivity index is 4.11. The van der Waals surface area contributed by atoms with Gasteiger partial charge in [0, 0.05) is 12.8 Å². The van der Waals surface area contributed by atoms with Gasteiger partial charge in [0.15, 0.2) is 0 Å². The van der Waals surface area contributed by atoms with Crippen molar-refractivity contribution in [2.45, 2.75) is 193 Å². The van der Waals surface area contributed by atoms with E-state index in [2.05, 4.69) is 62.5 Å². The molecule has 254 valence electrons. The topological polar surface area (TPSA) is 63.6 Å². The van der Waals surface area contributed by atoms with Crippen LogP contribution in [0.5, 0.6) is 0 Å². The van der Waals surface area contributed by atoms with Crippen molar-refractivity contribution in [2.75, 3.05) is 0 Å². The predicted molar refractivity (Wildman–Crippen MR) is 190 cm³/mol. The fourth-order valence-electron chi connectivity index (χ4n) is 5.35. The van der Waals surface area contributed by atoms with Gasteiger partial charge in [0.1, 0.15) is 6.10 Å². The summed E-state index contributed by atoms with van der Waals surface area (Å²) in [6.07, 6.45) is 46.9. The van der Waals surface area contributed by atoms with Gasteiger partial charge in [0.2, 0.25) is 0 Å². The number of esters is 1. The minimum atomic E-state index is -0.717. The van der Waals surface area contributed by atoms with E-state index < -0.39 is 5.97 Å². The van der Waals surface area contributed by atoms with Gasteiger partial charge in [0.25, 0.3) is 0 Å². The molecular formula is C40H70O4. The summed E-state index contributed by atoms with van der Waals surface area (Å²) >= 11 is 0. The third kappa shape index (κ3) is 34.4. The Morgan fingerprint density at radius 1 is 0.523 bits per heavy atom. The van der Waals surface area contributed by atoms with Crippen molar-refractivity contribution < 1.29 is 19.4 Å². The number of unbranched alkanes of at least 4 members (excludes halogenated alkanes) is 16. The molecule has 0 saturated carbocycles. The molecule has 0 saturated heterocycles. The highest BCUT2D eigenvalue weighted by Gasteiger charge is 2.14. The second kappa shape index (κ2) is 35.4. The number of carboxylic acid groups (broad SMARTS) is 1. The summed E-state index contributed by atoms with van der Waals surface area (Å²) < 4.78 is 5.94. The zero-order valence-corrected chi connectivity index (χ0v) is 29.0. The van der Waals surface area contributed by atoms with Crippen LogP contribution in [0.4, 0.5) is 0 Å². The van der Waals surface area contributed by atoms with Crippen LogP contribution < -0.4 is 0 Å². The van der Waals surface area contributed by atoms with Crippen molar-refractivity contribution in [3.63, 3.8) is 0 Å². The zero-order chi connectivity index (χ0) is 32.2. The summed E-state index contributed by atoms with van der Waals surface area (Å²) in [5, 5.41) is 8.84. The van der Waals surface area contributed by atoms with Gasteiger partial charge in [-0.2, -0.15) is 0 Å². The molecule has 0 fully saturated rings. The monoisotopic (exact) mass is 615 g/mol. The van der Waals surface area contributed by atoms with Gasteiger partial charge >= 0.3 is 11.9 Å². The molecule has 0 aromatic heterocycles. The van der Waals surface area contributed by atoms with Crippen LogP contribution >= 0.6 is 0 Å². The number of allylic oxidation sites excluding steroid dienone is 8. The first kappa shape index (κ1) is 41.9. The summed E-state index contributed by atoms with van der Waals surface area (Å²) in [6.45, 7) is 4.43. The molecule has 1 N–H and O–H groups in total. The highest BCUT2D eigenvalue weighted by Crippen LogP contribution is 2.18. The Morgan fingerprint density at radius 2 is 0.955 bits per heavy atom. The van der Waals surface area contributed by atoms with Gasteiger partial charge in [-0.05, 0) is 77.0 Å². The molecule has 0 amide bonds. The first-order valence-electron chi connectivity index (χ1n) is 18.6. The molecule has 4 heteroatoms. The van der Waals surface area contributed by atoms with Gasteiger partial charge in [-0.25, -0.2) is 0 Å². The normalized spacial score (nSPS) is 12.8. The number of aliphatic carboxylic acids is 1. The molecule has 0 bridgehead atoms. The summed E-state index contributed by atoms with van der Waals surface area (Å²) in [6, 6.07) is 0. The van der Waals surface area contributed by atoms with Gasteiger partial charge in [0.05, 0.1) is 0 Å². The minimum absolute atomic E-state index is 0.0134. The molecule has 0 heterocycles. The van der Waals surface area contributed by atoms with Crippen molar-refractivity contribution in [3.05, 3.63) is 48.6 Å². The van der Waals surface area contributed by atoms with Crippen molar-refractivity contribution >= 4 is 11.9 Å². The quantitative estimate of drug-likeness (QED) is 0.0454. The van der Waals surface area contributed by atoms with Crippen LogP contribution in [-0.2, 0) is 14.3 Å². The molecule has 0 radical (unpaired) electrons. The van der Waals surface area contributed by atoms with E-state index in [1.807, 2.05) is 0 Å². The molecule has 0 rings (SSSR count). The smallest absolute Gasteiger partial charge is 0.306 e. The van der Waals surface area contributed by atoms with Crippen molar-refractivity contribution in [2.24, 2.45) is 0 Å².